The molecule has 0 radical (unpaired) electrons. The molecule has 2 heterocycles. The second-order valence-electron chi connectivity index (χ2n) is 4.96. The number of nitrogens with one attached hydrogen (secondary N) is 1. The van der Waals surface area contributed by atoms with E-state index >= 15 is 0 Å². The van der Waals surface area contributed by atoms with Crippen LogP contribution in [0.2, 0.25) is 0 Å². The Kier molecular flexibility index (Phi) is 3.52. The van der Waals surface area contributed by atoms with E-state index in [0.717, 1.165) is 30.4 Å². The molecular formula is C15H17N3O2. The molecule has 104 valence electrons. The van der Waals surface area contributed by atoms with Crippen LogP contribution in [0.5, 0.6) is 0 Å². The minimum Gasteiger partial charge on any atom is -0.384 e. The van der Waals surface area contributed by atoms with Crippen LogP contribution < -0.4 is 11.1 Å². The predicted molar refractivity (Wildman–Crippen MR) is 77.5 cm³/mol. The first-order valence-electron chi connectivity index (χ1n) is 6.79. The third kappa shape index (κ3) is 2.58. The Labute approximate surface area is 117 Å². The summed E-state index contributed by atoms with van der Waals surface area (Å²) in [6.07, 6.45) is 2.19. The molecule has 1 aromatic carbocycles. The summed E-state index contributed by atoms with van der Waals surface area (Å²) in [5, 5.41) is 3.72. The van der Waals surface area contributed by atoms with Crippen LogP contribution in [0.4, 0.5) is 5.82 Å². The number of carbonyl (C=O) groups excluding carboxylic acids is 1. The number of hydrogen-bond donors (Lipinski definition) is 2. The van der Waals surface area contributed by atoms with Crippen molar-refractivity contribution in [1.82, 2.24) is 10.3 Å². The highest BCUT2D eigenvalue weighted by Crippen LogP contribution is 2.19. The highest BCUT2D eigenvalue weighted by molar-refractivity contribution is 6.06. The molecule has 1 fully saturated rings. The van der Waals surface area contributed by atoms with E-state index in [1.165, 1.54) is 0 Å². The summed E-state index contributed by atoms with van der Waals surface area (Å²) in [6.45, 7) is 1.32. The number of ether oxygens (including phenoxy) is 1. The van der Waals surface area contributed by atoms with Gasteiger partial charge in [0.05, 0.1) is 17.2 Å². The van der Waals surface area contributed by atoms with Crippen LogP contribution >= 0.6 is 0 Å². The lowest BCUT2D eigenvalue weighted by atomic mass is 10.1. The van der Waals surface area contributed by atoms with Crippen molar-refractivity contribution in [2.75, 3.05) is 18.9 Å². The number of nitrogen functional groups attached to an aromatic ring is 1. The Morgan fingerprint density at radius 3 is 3.10 bits per heavy atom. The van der Waals surface area contributed by atoms with Crippen molar-refractivity contribution >= 4 is 22.6 Å². The third-order valence-corrected chi connectivity index (χ3v) is 3.49. The van der Waals surface area contributed by atoms with Gasteiger partial charge in [0.25, 0.3) is 5.91 Å². The van der Waals surface area contributed by atoms with Gasteiger partial charge in [0.15, 0.2) is 0 Å². The summed E-state index contributed by atoms with van der Waals surface area (Å²) in [4.78, 5) is 16.5. The lowest BCUT2D eigenvalue weighted by Crippen LogP contribution is -2.32. The van der Waals surface area contributed by atoms with Gasteiger partial charge in [0.1, 0.15) is 5.82 Å². The molecule has 1 aliphatic heterocycles. The average molecular weight is 271 g/mol. The quantitative estimate of drug-likeness (QED) is 0.891. The molecule has 3 N–H and O–H groups in total. The summed E-state index contributed by atoms with van der Waals surface area (Å²) in [5.41, 5.74) is 7.06. The normalized spacial score (nSPS) is 18.3. The number of nitrogens with zero attached hydrogens (tertiary/aromatic N) is 1. The number of nitrogens with two attached hydrogens (primary N) is 1. The topological polar surface area (TPSA) is 77.2 Å². The van der Waals surface area contributed by atoms with Crippen LogP contribution in [-0.4, -0.2) is 30.1 Å². The van der Waals surface area contributed by atoms with Crippen LogP contribution in [0.3, 0.4) is 0 Å². The number of pyridine rings is 1. The maximum atomic E-state index is 12.3. The summed E-state index contributed by atoms with van der Waals surface area (Å²) in [7, 11) is 0. The summed E-state index contributed by atoms with van der Waals surface area (Å²) in [6, 6.07) is 9.11. The van der Waals surface area contributed by atoms with Crippen LogP contribution in [-0.2, 0) is 4.74 Å². The van der Waals surface area contributed by atoms with Gasteiger partial charge in [0, 0.05) is 18.5 Å². The van der Waals surface area contributed by atoms with Gasteiger partial charge >= 0.3 is 0 Å². The van der Waals surface area contributed by atoms with Crippen molar-refractivity contribution < 1.29 is 9.53 Å². The third-order valence-electron chi connectivity index (χ3n) is 3.49. The van der Waals surface area contributed by atoms with E-state index in [1.807, 2.05) is 24.3 Å². The van der Waals surface area contributed by atoms with E-state index in [4.69, 9.17) is 10.5 Å². The summed E-state index contributed by atoms with van der Waals surface area (Å²) in [5.74, 6) is 0.219. The van der Waals surface area contributed by atoms with E-state index in [0.29, 0.717) is 17.9 Å². The van der Waals surface area contributed by atoms with Crippen molar-refractivity contribution in [3.63, 3.8) is 0 Å². The summed E-state index contributed by atoms with van der Waals surface area (Å²) < 4.78 is 5.50. The van der Waals surface area contributed by atoms with Crippen molar-refractivity contribution in [2.45, 2.75) is 18.9 Å². The van der Waals surface area contributed by atoms with Crippen LogP contribution in [0.25, 0.3) is 10.9 Å². The number of amides is 1. The number of rotatable bonds is 3. The number of hydrogen-bond acceptors (Lipinski definition) is 4. The zero-order valence-electron chi connectivity index (χ0n) is 11.1. The molecule has 20 heavy (non-hydrogen) atoms. The number of benzene rings is 1. The fourth-order valence-corrected chi connectivity index (χ4v) is 2.49. The largest absolute Gasteiger partial charge is 0.384 e. The Morgan fingerprint density at radius 2 is 2.30 bits per heavy atom. The molecule has 0 aliphatic carbocycles. The Hall–Kier alpha value is -2.14. The van der Waals surface area contributed by atoms with E-state index in [1.54, 1.807) is 6.07 Å². The molecule has 1 unspecified atom stereocenters. The number of carbonyl (C=O) groups is 1. The van der Waals surface area contributed by atoms with Gasteiger partial charge in [-0.05, 0) is 25.0 Å². The molecule has 2 aromatic rings. The number of fused-ring (bicyclic) bond motifs is 1. The van der Waals surface area contributed by atoms with Gasteiger partial charge in [-0.25, -0.2) is 4.98 Å². The highest BCUT2D eigenvalue weighted by Gasteiger charge is 2.18. The molecule has 0 saturated carbocycles. The molecule has 5 nitrogen and oxygen atoms in total. The van der Waals surface area contributed by atoms with Gasteiger partial charge in [0.2, 0.25) is 0 Å². The first-order valence-corrected chi connectivity index (χ1v) is 6.79. The molecule has 0 bridgehead atoms. The zero-order chi connectivity index (χ0) is 13.9. The van der Waals surface area contributed by atoms with Gasteiger partial charge in [-0.15, -0.1) is 0 Å². The van der Waals surface area contributed by atoms with E-state index in [9.17, 15) is 4.79 Å². The van der Waals surface area contributed by atoms with Gasteiger partial charge in [-0.1, -0.05) is 18.2 Å². The minimum atomic E-state index is -0.134. The number of aromatic nitrogens is 1. The predicted octanol–water partition coefficient (Wildman–Crippen LogP) is 1.73. The fraction of sp³-hybridized carbons (Fsp3) is 0.333. The Balaban J connectivity index is 1.83. The average Bonchev–Trinajstić information content (AvgIpc) is 2.97. The molecule has 3 rings (SSSR count). The first kappa shape index (κ1) is 12.9. The van der Waals surface area contributed by atoms with Crippen molar-refractivity contribution in [1.29, 1.82) is 0 Å². The standard InChI is InChI=1S/C15H17N3O2/c16-14-8-12(11-5-1-2-6-13(11)18-14)15(19)17-9-10-4-3-7-20-10/h1-2,5-6,8,10H,3-4,7,9H2,(H2,16,18)(H,17,19). The smallest absolute Gasteiger partial charge is 0.252 e. The van der Waals surface area contributed by atoms with E-state index in [2.05, 4.69) is 10.3 Å². The lowest BCUT2D eigenvalue weighted by Gasteiger charge is -2.12. The Morgan fingerprint density at radius 1 is 1.45 bits per heavy atom. The van der Waals surface area contributed by atoms with E-state index in [-0.39, 0.29) is 12.0 Å². The van der Waals surface area contributed by atoms with Gasteiger partial charge in [-0.2, -0.15) is 0 Å². The second kappa shape index (κ2) is 5.46. The van der Waals surface area contributed by atoms with Crippen molar-refractivity contribution in [3.05, 3.63) is 35.9 Å². The maximum Gasteiger partial charge on any atom is 0.252 e. The fourth-order valence-electron chi connectivity index (χ4n) is 2.49. The Bertz CT molecular complexity index is 636. The zero-order valence-corrected chi connectivity index (χ0v) is 11.1. The van der Waals surface area contributed by atoms with E-state index < -0.39 is 0 Å². The van der Waals surface area contributed by atoms with Crippen LogP contribution in [0.1, 0.15) is 23.2 Å². The highest BCUT2D eigenvalue weighted by atomic mass is 16.5. The molecule has 0 spiro atoms. The first-order chi connectivity index (χ1) is 9.74. The van der Waals surface area contributed by atoms with Crippen LogP contribution in [0, 0.1) is 0 Å². The van der Waals surface area contributed by atoms with Crippen LogP contribution in [0.15, 0.2) is 30.3 Å². The maximum absolute atomic E-state index is 12.3. The summed E-state index contributed by atoms with van der Waals surface area (Å²) >= 11 is 0. The van der Waals surface area contributed by atoms with Crippen molar-refractivity contribution in [2.24, 2.45) is 0 Å². The molecule has 1 aliphatic rings. The molecule has 1 saturated heterocycles. The monoisotopic (exact) mass is 271 g/mol. The molecule has 5 heteroatoms. The molecule has 1 aromatic heterocycles. The van der Waals surface area contributed by atoms with Gasteiger partial charge < -0.3 is 15.8 Å². The molecular weight excluding hydrogens is 254 g/mol. The number of para-hydroxylation sites is 1. The minimum absolute atomic E-state index is 0.129. The van der Waals surface area contributed by atoms with Crippen molar-refractivity contribution in [3.8, 4) is 0 Å². The lowest BCUT2D eigenvalue weighted by molar-refractivity contribution is 0.0859. The SMILES string of the molecule is Nc1cc(C(=O)NCC2CCCO2)c2ccccc2n1. The molecule has 1 amide bonds. The molecule has 1 atom stereocenters. The second-order valence-corrected chi connectivity index (χ2v) is 4.96. The number of anilines is 1. The van der Waals surface area contributed by atoms with Gasteiger partial charge in [-0.3, -0.25) is 4.79 Å².